The van der Waals surface area contributed by atoms with Gasteiger partial charge in [0, 0.05) is 19.4 Å². The van der Waals surface area contributed by atoms with Crippen LogP contribution in [0.25, 0.3) is 0 Å². The van der Waals surface area contributed by atoms with Crippen molar-refractivity contribution in [1.29, 1.82) is 0 Å². The Kier molecular flexibility index (Phi) is 67.5. The van der Waals surface area contributed by atoms with Gasteiger partial charge in [0.1, 0.15) is 6.61 Å². The highest BCUT2D eigenvalue weighted by Gasteiger charge is 2.26. The molecule has 0 fully saturated rings. The van der Waals surface area contributed by atoms with E-state index in [1.54, 1.807) is 0 Å². The number of nitrogens with two attached hydrogens (primary N) is 1. The Morgan fingerprint density at radius 2 is 0.647 bits per heavy atom. The molecule has 0 amide bonds. The zero-order chi connectivity index (χ0) is 61.6. The van der Waals surface area contributed by atoms with Crippen LogP contribution in [0.2, 0.25) is 0 Å². The average Bonchev–Trinajstić information content (AvgIpc) is 3.52. The van der Waals surface area contributed by atoms with E-state index in [1.807, 2.05) is 0 Å². The van der Waals surface area contributed by atoms with Crippen LogP contribution < -0.4 is 5.73 Å². The van der Waals surface area contributed by atoms with Crippen molar-refractivity contribution in [3.05, 3.63) is 97.2 Å². The Morgan fingerprint density at radius 3 is 0.976 bits per heavy atom. The van der Waals surface area contributed by atoms with Crippen molar-refractivity contribution in [3.63, 3.8) is 0 Å². The fraction of sp³-hybridized carbons (Fsp3) is 0.760. The summed E-state index contributed by atoms with van der Waals surface area (Å²) in [5.74, 6) is -0.832. The number of unbranched alkanes of at least 4 members (excludes halogenated alkanes) is 38. The molecule has 0 radical (unpaired) electrons. The summed E-state index contributed by atoms with van der Waals surface area (Å²) >= 11 is 0. The highest BCUT2D eigenvalue weighted by atomic mass is 31.2. The van der Waals surface area contributed by atoms with Gasteiger partial charge in [0.05, 0.1) is 13.2 Å². The molecule has 0 saturated carbocycles. The first-order chi connectivity index (χ1) is 41.8. The summed E-state index contributed by atoms with van der Waals surface area (Å²) in [5.41, 5.74) is 5.40. The van der Waals surface area contributed by atoms with Gasteiger partial charge in [-0.2, -0.15) is 0 Å². The standard InChI is InChI=1S/C75H134NO8P/c1-3-5-7-9-11-13-15-17-19-21-23-25-27-29-31-33-34-35-36-37-38-40-41-43-45-47-49-51-53-55-57-59-61-63-65-67-74(77)81-71-73(72-83-85(79,80)82-70-69-76)84-75(78)68-66-64-62-60-58-56-54-52-50-48-46-44-42-39-32-30-28-26-24-22-20-18-16-14-12-10-8-6-4-2/h6,8,12,14,18,20-21,23-24,26,30,32,42,44,48,50,73H,3-5,7,9-11,13,15-17,19,22,25,27-29,31,33-41,43,45-47,49,51-72,76H2,1-2H3,(H,79,80)/b8-6-,14-12-,20-18-,23-21-,26-24-,32-30-,44-42-,50-48-. The third-order valence-corrected chi connectivity index (χ3v) is 16.4. The van der Waals surface area contributed by atoms with Crippen molar-refractivity contribution in [2.75, 3.05) is 26.4 Å². The van der Waals surface area contributed by atoms with Crippen molar-refractivity contribution >= 4 is 19.8 Å². The third kappa shape index (κ3) is 69.9. The molecule has 10 heteroatoms. The van der Waals surface area contributed by atoms with Gasteiger partial charge in [-0.1, -0.05) is 323 Å². The number of esters is 2. The molecule has 9 nitrogen and oxygen atoms in total. The lowest BCUT2D eigenvalue weighted by atomic mass is 10.0. The second-order valence-electron chi connectivity index (χ2n) is 23.7. The van der Waals surface area contributed by atoms with E-state index < -0.39 is 26.5 Å². The van der Waals surface area contributed by atoms with E-state index >= 15 is 0 Å². The van der Waals surface area contributed by atoms with E-state index in [9.17, 15) is 19.0 Å². The normalized spacial score (nSPS) is 13.5. The Hall–Kier alpha value is -3.07. The molecular formula is C75H134NO8P. The fourth-order valence-electron chi connectivity index (χ4n) is 10.2. The second kappa shape index (κ2) is 70.0. The summed E-state index contributed by atoms with van der Waals surface area (Å²) in [6.07, 6.45) is 95.1. The first kappa shape index (κ1) is 81.9. The molecular weight excluding hydrogens is 1070 g/mol. The molecule has 0 rings (SSSR count). The molecule has 492 valence electrons. The van der Waals surface area contributed by atoms with Gasteiger partial charge in [0.2, 0.25) is 0 Å². The maximum atomic E-state index is 12.8. The maximum absolute atomic E-state index is 12.8. The van der Waals surface area contributed by atoms with Crippen LogP contribution in [0.1, 0.15) is 335 Å². The van der Waals surface area contributed by atoms with Crippen molar-refractivity contribution in [3.8, 4) is 0 Å². The maximum Gasteiger partial charge on any atom is 0.472 e. The molecule has 3 N–H and O–H groups in total. The monoisotopic (exact) mass is 1210 g/mol. The average molecular weight is 1210 g/mol. The van der Waals surface area contributed by atoms with E-state index in [-0.39, 0.29) is 38.6 Å². The van der Waals surface area contributed by atoms with E-state index in [1.165, 1.54) is 212 Å². The van der Waals surface area contributed by atoms with Crippen LogP contribution in [0.3, 0.4) is 0 Å². The summed E-state index contributed by atoms with van der Waals surface area (Å²) < 4.78 is 33.2. The molecule has 0 aliphatic carbocycles. The highest BCUT2D eigenvalue weighted by Crippen LogP contribution is 2.43. The molecule has 0 aliphatic heterocycles. The van der Waals surface area contributed by atoms with Crippen LogP contribution >= 0.6 is 7.82 Å². The molecule has 2 atom stereocenters. The number of carbonyl (C=O) groups excluding carboxylic acids is 2. The van der Waals surface area contributed by atoms with Crippen molar-refractivity contribution in [2.24, 2.45) is 5.73 Å². The minimum Gasteiger partial charge on any atom is -0.462 e. The zero-order valence-corrected chi connectivity index (χ0v) is 56.2. The quantitative estimate of drug-likeness (QED) is 0.0264. The Bertz CT molecular complexity index is 1720. The number of hydrogen-bond donors (Lipinski definition) is 2. The Morgan fingerprint density at radius 1 is 0.365 bits per heavy atom. The minimum atomic E-state index is -4.40. The van der Waals surface area contributed by atoms with Gasteiger partial charge in [-0.15, -0.1) is 0 Å². The minimum absolute atomic E-state index is 0.0482. The van der Waals surface area contributed by atoms with Gasteiger partial charge in [-0.05, 0) is 96.3 Å². The molecule has 0 bridgehead atoms. The van der Waals surface area contributed by atoms with Crippen LogP contribution in [0.4, 0.5) is 0 Å². The number of ether oxygens (including phenoxy) is 2. The van der Waals surface area contributed by atoms with E-state index in [0.717, 1.165) is 89.9 Å². The molecule has 0 heterocycles. The number of carbonyl (C=O) groups is 2. The molecule has 0 aromatic heterocycles. The zero-order valence-electron chi connectivity index (χ0n) is 55.3. The largest absolute Gasteiger partial charge is 0.472 e. The van der Waals surface area contributed by atoms with Gasteiger partial charge < -0.3 is 20.1 Å². The predicted octanol–water partition coefficient (Wildman–Crippen LogP) is 23.5. The summed E-state index contributed by atoms with van der Waals surface area (Å²) in [6, 6.07) is 0. The van der Waals surface area contributed by atoms with Crippen LogP contribution in [0.5, 0.6) is 0 Å². The van der Waals surface area contributed by atoms with Gasteiger partial charge in [0.15, 0.2) is 6.10 Å². The van der Waals surface area contributed by atoms with Gasteiger partial charge in [0.25, 0.3) is 0 Å². The number of allylic oxidation sites excluding steroid dienone is 16. The first-order valence-corrected chi connectivity index (χ1v) is 37.2. The van der Waals surface area contributed by atoms with Gasteiger partial charge in [-0.3, -0.25) is 18.6 Å². The van der Waals surface area contributed by atoms with Crippen LogP contribution in [0.15, 0.2) is 97.2 Å². The van der Waals surface area contributed by atoms with E-state index in [4.69, 9.17) is 24.3 Å². The smallest absolute Gasteiger partial charge is 0.462 e. The number of phosphoric ester groups is 1. The number of hydrogen-bond acceptors (Lipinski definition) is 8. The van der Waals surface area contributed by atoms with Crippen molar-refractivity contribution < 1.29 is 37.6 Å². The molecule has 0 aromatic rings. The van der Waals surface area contributed by atoms with Crippen LogP contribution in [-0.4, -0.2) is 49.3 Å². The Labute approximate surface area is 525 Å². The van der Waals surface area contributed by atoms with Gasteiger partial charge in [-0.25, -0.2) is 4.57 Å². The van der Waals surface area contributed by atoms with E-state index in [0.29, 0.717) is 6.42 Å². The highest BCUT2D eigenvalue weighted by molar-refractivity contribution is 7.47. The number of phosphoric acid groups is 1. The summed E-state index contributed by atoms with van der Waals surface area (Å²) in [6.45, 7) is 3.65. The van der Waals surface area contributed by atoms with Gasteiger partial charge >= 0.3 is 19.8 Å². The molecule has 0 saturated heterocycles. The topological polar surface area (TPSA) is 134 Å². The third-order valence-electron chi connectivity index (χ3n) is 15.5. The Balaban J connectivity index is 3.87. The SMILES string of the molecule is CC/C=C\C/C=C\C/C=C\C/C=C\C/C=C\C/C=C\C/C=C\CCCCCCCCCC(=O)OC(COC(=O)CCCCCCCCCCCCCCCCCCCCCCCCC/C=C\CCCCCCCCCC)COP(=O)(O)OCCN. The second-order valence-corrected chi connectivity index (χ2v) is 25.2. The number of rotatable bonds is 67. The van der Waals surface area contributed by atoms with Crippen LogP contribution in [0, 0.1) is 0 Å². The van der Waals surface area contributed by atoms with Crippen LogP contribution in [-0.2, 0) is 32.7 Å². The summed E-state index contributed by atoms with van der Waals surface area (Å²) in [4.78, 5) is 35.4. The molecule has 0 aliphatic rings. The van der Waals surface area contributed by atoms with E-state index in [2.05, 4.69) is 111 Å². The lowest BCUT2D eigenvalue weighted by molar-refractivity contribution is -0.161. The van der Waals surface area contributed by atoms with Crippen molar-refractivity contribution in [1.82, 2.24) is 0 Å². The lowest BCUT2D eigenvalue weighted by Gasteiger charge is -2.19. The fourth-order valence-corrected chi connectivity index (χ4v) is 11.0. The molecule has 0 spiro atoms. The summed E-state index contributed by atoms with van der Waals surface area (Å²) in [7, 11) is -4.40. The summed E-state index contributed by atoms with van der Waals surface area (Å²) in [5, 5.41) is 0. The molecule has 2 unspecified atom stereocenters. The van der Waals surface area contributed by atoms with Crippen molar-refractivity contribution in [2.45, 2.75) is 341 Å². The molecule has 85 heavy (non-hydrogen) atoms. The first-order valence-electron chi connectivity index (χ1n) is 35.7. The molecule has 0 aromatic carbocycles. The lowest BCUT2D eigenvalue weighted by Crippen LogP contribution is -2.29. The predicted molar refractivity (Wildman–Crippen MR) is 367 cm³/mol.